The summed E-state index contributed by atoms with van der Waals surface area (Å²) in [5.74, 6) is -0.524. The van der Waals surface area contributed by atoms with Gasteiger partial charge in [-0.15, -0.1) is 0 Å². The van der Waals surface area contributed by atoms with E-state index in [2.05, 4.69) is 15.9 Å². The number of amides is 1. The molecule has 6 heteroatoms. The van der Waals surface area contributed by atoms with Gasteiger partial charge in [0, 0.05) is 6.54 Å². The van der Waals surface area contributed by atoms with Gasteiger partial charge in [-0.2, -0.15) is 0 Å². The number of benzene rings is 1. The van der Waals surface area contributed by atoms with E-state index in [0.717, 1.165) is 15.3 Å². The number of rotatable bonds is 3. The van der Waals surface area contributed by atoms with Gasteiger partial charge in [0.05, 0.1) is 9.89 Å². The number of halogens is 1. The highest BCUT2D eigenvalue weighted by Crippen LogP contribution is 2.20. The number of nitrogens with zero attached hydrogens (tertiary/aromatic N) is 1. The second-order valence-electron chi connectivity index (χ2n) is 3.98. The van der Waals surface area contributed by atoms with E-state index in [4.69, 9.17) is 0 Å². The van der Waals surface area contributed by atoms with Crippen molar-refractivity contribution >= 4 is 37.9 Å². The third kappa shape index (κ3) is 3.33. The number of hydrogen-bond acceptors (Lipinski definition) is 3. The highest BCUT2D eigenvalue weighted by molar-refractivity contribution is 9.12. The topological polar surface area (TPSA) is 54.5 Å². The molecule has 1 aromatic carbocycles. The molecule has 100 valence electrons. The third-order valence-corrected chi connectivity index (χ3v) is 4.73. The van der Waals surface area contributed by atoms with Crippen molar-refractivity contribution in [1.82, 2.24) is 4.31 Å². The van der Waals surface area contributed by atoms with E-state index < -0.39 is 15.9 Å². The van der Waals surface area contributed by atoms with E-state index in [0.29, 0.717) is 6.42 Å². The Balaban J connectivity index is 2.22. The molecule has 1 heterocycles. The van der Waals surface area contributed by atoms with Crippen molar-refractivity contribution in [3.05, 3.63) is 51.9 Å². The van der Waals surface area contributed by atoms with Gasteiger partial charge in [0.15, 0.2) is 0 Å². The largest absolute Gasteiger partial charge is 0.274 e. The molecule has 4 nitrogen and oxygen atoms in total. The molecular weight excluding hydrogens is 330 g/mol. The Labute approximate surface area is 120 Å². The summed E-state index contributed by atoms with van der Waals surface area (Å²) in [5.41, 5.74) is 0.769. The summed E-state index contributed by atoms with van der Waals surface area (Å²) in [6, 6.07) is 9.07. The smallest absolute Gasteiger partial charge is 0.267 e. The maximum Gasteiger partial charge on any atom is 0.274 e. The fourth-order valence-corrected chi connectivity index (χ4v) is 3.39. The fraction of sp³-hybridized carbons (Fsp3) is 0.154. The van der Waals surface area contributed by atoms with Crippen molar-refractivity contribution < 1.29 is 13.2 Å². The molecule has 1 amide bonds. The molecule has 0 bridgehead atoms. The molecule has 2 rings (SSSR count). The summed E-state index contributed by atoms with van der Waals surface area (Å²) in [6.07, 6.45) is 3.68. The summed E-state index contributed by atoms with van der Waals surface area (Å²) in [6.45, 7) is 0.176. The van der Waals surface area contributed by atoms with Crippen LogP contribution in [0, 0.1) is 0 Å². The van der Waals surface area contributed by atoms with Crippen LogP contribution in [0.3, 0.4) is 0 Å². The van der Waals surface area contributed by atoms with E-state index in [9.17, 15) is 13.2 Å². The van der Waals surface area contributed by atoms with E-state index in [-0.39, 0.29) is 11.0 Å². The lowest BCUT2D eigenvalue weighted by atomic mass is 10.2. The lowest BCUT2D eigenvalue weighted by Gasteiger charge is -2.23. The number of carbonyl (C=O) groups is 1. The molecule has 1 aliphatic rings. The Hall–Kier alpha value is -1.40. The minimum Gasteiger partial charge on any atom is -0.267 e. The Morgan fingerprint density at radius 2 is 1.89 bits per heavy atom. The van der Waals surface area contributed by atoms with Crippen LogP contribution in [0.25, 0.3) is 6.08 Å². The van der Waals surface area contributed by atoms with Crippen molar-refractivity contribution in [2.24, 2.45) is 0 Å². The van der Waals surface area contributed by atoms with Crippen LogP contribution in [-0.2, 0) is 14.8 Å². The summed E-state index contributed by atoms with van der Waals surface area (Å²) < 4.78 is 25.3. The minimum absolute atomic E-state index is 0.176. The first-order valence-corrected chi connectivity index (χ1v) is 7.96. The zero-order chi connectivity index (χ0) is 13.9. The molecule has 1 aromatic rings. The van der Waals surface area contributed by atoms with Gasteiger partial charge in [-0.25, -0.2) is 12.7 Å². The van der Waals surface area contributed by atoms with Crippen LogP contribution in [-0.4, -0.2) is 25.2 Å². The number of carbonyl (C=O) groups excluding carboxylic acids is 1. The molecule has 1 aliphatic heterocycles. The summed E-state index contributed by atoms with van der Waals surface area (Å²) in [5, 5.41) is 1.06. The molecular formula is C13H12BrNO3S. The molecule has 0 atom stereocenters. The molecule has 19 heavy (non-hydrogen) atoms. The molecule has 0 N–H and O–H groups in total. The average Bonchev–Trinajstić information content (AvgIpc) is 2.41. The van der Waals surface area contributed by atoms with Gasteiger partial charge in [-0.1, -0.05) is 36.4 Å². The van der Waals surface area contributed by atoms with Crippen molar-refractivity contribution in [1.29, 1.82) is 0 Å². The second-order valence-corrected chi connectivity index (χ2v) is 6.57. The first-order valence-electron chi connectivity index (χ1n) is 5.66. The average molecular weight is 342 g/mol. The molecule has 0 saturated heterocycles. The third-order valence-electron chi connectivity index (χ3n) is 2.63. The van der Waals surface area contributed by atoms with Gasteiger partial charge in [-0.05, 0) is 34.0 Å². The van der Waals surface area contributed by atoms with Crippen molar-refractivity contribution in [3.63, 3.8) is 0 Å². The van der Waals surface area contributed by atoms with Gasteiger partial charge >= 0.3 is 0 Å². The van der Waals surface area contributed by atoms with Crippen molar-refractivity contribution in [2.75, 3.05) is 6.54 Å². The maximum absolute atomic E-state index is 12.1. The van der Waals surface area contributed by atoms with Crippen LogP contribution >= 0.6 is 15.9 Å². The van der Waals surface area contributed by atoms with E-state index in [1.165, 1.54) is 6.08 Å². The monoisotopic (exact) mass is 341 g/mol. The van der Waals surface area contributed by atoms with E-state index in [1.807, 2.05) is 18.2 Å². The first-order chi connectivity index (χ1) is 9.00. The van der Waals surface area contributed by atoms with E-state index in [1.54, 1.807) is 18.2 Å². The molecule has 0 fully saturated rings. The van der Waals surface area contributed by atoms with Gasteiger partial charge in [0.25, 0.3) is 15.9 Å². The van der Waals surface area contributed by atoms with Crippen molar-refractivity contribution in [3.8, 4) is 0 Å². The molecule has 0 unspecified atom stereocenters. The fourth-order valence-electron chi connectivity index (χ4n) is 1.66. The Morgan fingerprint density at radius 3 is 2.58 bits per heavy atom. The zero-order valence-electron chi connectivity index (χ0n) is 9.99. The quantitative estimate of drug-likeness (QED) is 0.848. The first kappa shape index (κ1) is 14.0. The standard InChI is InChI=1S/C13H12BrNO3S/c14-12-7-4-9-15(13(12)16)19(17,18)10-8-11-5-2-1-3-6-11/h1-3,5-8,10H,4,9H2/b10-8+. The van der Waals surface area contributed by atoms with Crippen LogP contribution in [0.15, 0.2) is 46.3 Å². The second kappa shape index (κ2) is 5.71. The van der Waals surface area contributed by atoms with Gasteiger partial charge in [-0.3, -0.25) is 4.79 Å². The highest BCUT2D eigenvalue weighted by Gasteiger charge is 2.28. The summed E-state index contributed by atoms with van der Waals surface area (Å²) in [7, 11) is -3.73. The zero-order valence-corrected chi connectivity index (χ0v) is 12.4. The Bertz CT molecular complexity index is 635. The van der Waals surface area contributed by atoms with Crippen LogP contribution < -0.4 is 0 Å². The lowest BCUT2D eigenvalue weighted by molar-refractivity contribution is -0.122. The SMILES string of the molecule is O=C1C(Br)=CCCN1S(=O)(=O)/C=C/c1ccccc1. The predicted molar refractivity (Wildman–Crippen MR) is 77.7 cm³/mol. The van der Waals surface area contributed by atoms with Gasteiger partial charge in [0.1, 0.15) is 0 Å². The molecule has 0 aliphatic carbocycles. The van der Waals surface area contributed by atoms with Gasteiger partial charge < -0.3 is 0 Å². The number of hydrogen-bond donors (Lipinski definition) is 0. The van der Waals surface area contributed by atoms with Crippen LogP contribution in [0.5, 0.6) is 0 Å². The number of sulfonamides is 1. The van der Waals surface area contributed by atoms with E-state index >= 15 is 0 Å². The molecule has 0 radical (unpaired) electrons. The highest BCUT2D eigenvalue weighted by atomic mass is 79.9. The lowest BCUT2D eigenvalue weighted by Crippen LogP contribution is -2.38. The minimum atomic E-state index is -3.73. The Morgan fingerprint density at radius 1 is 1.21 bits per heavy atom. The van der Waals surface area contributed by atoms with Gasteiger partial charge in [0.2, 0.25) is 0 Å². The van der Waals surface area contributed by atoms with Crippen LogP contribution in [0.1, 0.15) is 12.0 Å². The molecule has 0 spiro atoms. The maximum atomic E-state index is 12.1. The Kier molecular flexibility index (Phi) is 4.21. The van der Waals surface area contributed by atoms with Crippen molar-refractivity contribution in [2.45, 2.75) is 6.42 Å². The summed E-state index contributed by atoms with van der Waals surface area (Å²) in [4.78, 5) is 11.8. The van der Waals surface area contributed by atoms with Crippen LogP contribution in [0.2, 0.25) is 0 Å². The molecule has 0 saturated carbocycles. The normalized spacial score (nSPS) is 16.8. The molecule has 0 aromatic heterocycles. The summed E-state index contributed by atoms with van der Waals surface area (Å²) >= 11 is 3.06. The predicted octanol–water partition coefficient (Wildman–Crippen LogP) is 2.50. The van der Waals surface area contributed by atoms with Crippen LogP contribution in [0.4, 0.5) is 0 Å².